The predicted molar refractivity (Wildman–Crippen MR) is 177 cm³/mol. The fourth-order valence-corrected chi connectivity index (χ4v) is 7.34. The average Bonchev–Trinajstić information content (AvgIpc) is 3.62. The molecule has 9 rings (SSSR count). The number of para-hydroxylation sites is 3. The number of thioether (sulfide) groups is 1. The van der Waals surface area contributed by atoms with Crippen LogP contribution in [0, 0.1) is 0 Å². The Labute approximate surface area is 257 Å². The third kappa shape index (κ3) is 3.89. The highest BCUT2D eigenvalue weighted by Crippen LogP contribution is 2.49. The molecule has 44 heavy (non-hydrogen) atoms. The molecule has 0 bridgehead atoms. The summed E-state index contributed by atoms with van der Waals surface area (Å²) in [5, 5.41) is 3.15. The van der Waals surface area contributed by atoms with E-state index >= 15 is 0 Å². The summed E-state index contributed by atoms with van der Waals surface area (Å²) >= 11 is 1.79. The lowest BCUT2D eigenvalue weighted by atomic mass is 9.97. The molecule has 0 amide bonds. The number of nitrogens with zero attached hydrogens (tertiary/aromatic N) is 5. The number of fused-ring (bicyclic) bond motifs is 8. The van der Waals surface area contributed by atoms with E-state index in [1.165, 1.54) is 5.56 Å². The molecule has 1 aliphatic heterocycles. The highest BCUT2D eigenvalue weighted by molar-refractivity contribution is 8.00. The summed E-state index contributed by atoms with van der Waals surface area (Å²) < 4.78 is 8.32. The van der Waals surface area contributed by atoms with Gasteiger partial charge in [0.1, 0.15) is 11.2 Å². The van der Waals surface area contributed by atoms with Crippen LogP contribution in [-0.2, 0) is 4.75 Å². The SMILES string of the molecule is CC1(C)Sc2nc3ccccc3n2-c2cc(-c3nc(-c4ccccc4)nc(-c4ccc5c(c4)oc4ccccc45)n3)ccc21. The lowest BCUT2D eigenvalue weighted by Gasteiger charge is -2.32. The van der Waals surface area contributed by atoms with Gasteiger partial charge in [-0.2, -0.15) is 0 Å². The van der Waals surface area contributed by atoms with Crippen LogP contribution in [0.5, 0.6) is 0 Å². The zero-order chi connectivity index (χ0) is 29.4. The summed E-state index contributed by atoms with van der Waals surface area (Å²) in [6.45, 7) is 4.50. The number of hydrogen-bond donors (Lipinski definition) is 0. The van der Waals surface area contributed by atoms with Crippen LogP contribution in [0.2, 0.25) is 0 Å². The Kier molecular flexibility index (Phi) is 5.37. The second-order valence-corrected chi connectivity index (χ2v) is 13.1. The molecule has 7 heteroatoms. The Morgan fingerprint density at radius 2 is 1.25 bits per heavy atom. The van der Waals surface area contributed by atoms with Crippen molar-refractivity contribution < 1.29 is 4.42 Å². The molecule has 4 heterocycles. The maximum Gasteiger partial charge on any atom is 0.174 e. The van der Waals surface area contributed by atoms with Gasteiger partial charge in [-0.3, -0.25) is 4.57 Å². The molecular weight excluding hydrogens is 563 g/mol. The zero-order valence-electron chi connectivity index (χ0n) is 24.0. The van der Waals surface area contributed by atoms with E-state index in [1.54, 1.807) is 11.8 Å². The van der Waals surface area contributed by atoms with Gasteiger partial charge >= 0.3 is 0 Å². The topological polar surface area (TPSA) is 69.6 Å². The van der Waals surface area contributed by atoms with Crippen LogP contribution in [0.1, 0.15) is 19.4 Å². The molecule has 0 radical (unpaired) electrons. The van der Waals surface area contributed by atoms with Crippen molar-refractivity contribution in [2.24, 2.45) is 0 Å². The highest BCUT2D eigenvalue weighted by Gasteiger charge is 2.34. The summed E-state index contributed by atoms with van der Waals surface area (Å²) in [5.74, 6) is 1.83. The number of benzene rings is 5. The second kappa shape index (κ2) is 9.36. The monoisotopic (exact) mass is 587 g/mol. The van der Waals surface area contributed by atoms with Crippen LogP contribution in [0.15, 0.2) is 125 Å². The minimum atomic E-state index is -0.146. The minimum absolute atomic E-state index is 0.146. The van der Waals surface area contributed by atoms with Gasteiger partial charge in [-0.15, -0.1) is 0 Å². The smallest absolute Gasteiger partial charge is 0.174 e. The number of aromatic nitrogens is 5. The molecule has 6 nitrogen and oxygen atoms in total. The predicted octanol–water partition coefficient (Wildman–Crippen LogP) is 9.45. The molecular formula is C37H25N5OS. The Morgan fingerprint density at radius 1 is 0.591 bits per heavy atom. The molecule has 0 unspecified atom stereocenters. The standard InChI is InChI=1S/C37H25N5OS/c1-37(2)27-19-17-23(20-30(27)42-29-14-8-7-13-28(29)38-36(42)44-37)34-39-33(22-10-4-3-5-11-22)40-35(41-34)24-16-18-26-25-12-6-9-15-31(25)43-32(26)21-24/h3-21H,1-2H3. The first-order valence-corrected chi connectivity index (χ1v) is 15.4. The molecule has 0 N–H and O–H groups in total. The molecule has 0 saturated carbocycles. The van der Waals surface area contributed by atoms with Crippen LogP contribution >= 0.6 is 11.8 Å². The Hall–Kier alpha value is -5.27. The molecule has 0 spiro atoms. The van der Waals surface area contributed by atoms with E-state index in [2.05, 4.69) is 73.0 Å². The van der Waals surface area contributed by atoms with Gasteiger partial charge in [0.05, 0.1) is 16.7 Å². The second-order valence-electron chi connectivity index (χ2n) is 11.5. The first kappa shape index (κ1) is 25.2. The fourth-order valence-electron chi connectivity index (χ4n) is 6.17. The van der Waals surface area contributed by atoms with Gasteiger partial charge in [0.25, 0.3) is 0 Å². The van der Waals surface area contributed by atoms with E-state index in [9.17, 15) is 0 Å². The van der Waals surface area contributed by atoms with E-state index in [4.69, 9.17) is 24.4 Å². The van der Waals surface area contributed by atoms with Gasteiger partial charge in [-0.05, 0) is 55.8 Å². The van der Waals surface area contributed by atoms with E-state index in [1.807, 2.05) is 60.7 Å². The summed E-state index contributed by atoms with van der Waals surface area (Å²) in [6, 6.07) is 39.2. The molecule has 5 aromatic carbocycles. The average molecular weight is 588 g/mol. The van der Waals surface area contributed by atoms with E-state index in [0.717, 1.165) is 60.5 Å². The van der Waals surface area contributed by atoms with E-state index < -0.39 is 0 Å². The maximum atomic E-state index is 6.20. The lowest BCUT2D eigenvalue weighted by Crippen LogP contribution is -2.21. The van der Waals surface area contributed by atoms with Crippen molar-refractivity contribution in [3.8, 4) is 39.9 Å². The van der Waals surface area contributed by atoms with Gasteiger partial charge in [-0.25, -0.2) is 19.9 Å². The van der Waals surface area contributed by atoms with Crippen molar-refractivity contribution >= 4 is 44.7 Å². The maximum absolute atomic E-state index is 6.20. The largest absolute Gasteiger partial charge is 0.456 e. The summed E-state index contributed by atoms with van der Waals surface area (Å²) in [4.78, 5) is 20.0. The Bertz CT molecular complexity index is 2410. The van der Waals surface area contributed by atoms with Crippen LogP contribution in [0.25, 0.3) is 72.8 Å². The fraction of sp³-hybridized carbons (Fsp3) is 0.0811. The molecule has 0 fully saturated rings. The first-order valence-electron chi connectivity index (χ1n) is 14.6. The van der Waals surface area contributed by atoms with Crippen molar-refractivity contribution in [1.29, 1.82) is 0 Å². The van der Waals surface area contributed by atoms with E-state index in [-0.39, 0.29) is 4.75 Å². The molecule has 210 valence electrons. The van der Waals surface area contributed by atoms with Gasteiger partial charge in [0.15, 0.2) is 22.6 Å². The normalized spacial score (nSPS) is 13.8. The van der Waals surface area contributed by atoms with Crippen molar-refractivity contribution in [1.82, 2.24) is 24.5 Å². The van der Waals surface area contributed by atoms with Crippen molar-refractivity contribution in [3.05, 3.63) is 121 Å². The number of imidazole rings is 1. The summed E-state index contributed by atoms with van der Waals surface area (Å²) in [6.07, 6.45) is 0. The third-order valence-corrected chi connectivity index (χ3v) is 9.51. The third-order valence-electron chi connectivity index (χ3n) is 8.33. The number of furan rings is 1. The summed E-state index contributed by atoms with van der Waals surface area (Å²) in [5.41, 5.74) is 8.81. The van der Waals surface area contributed by atoms with Gasteiger partial charge < -0.3 is 4.42 Å². The molecule has 0 aliphatic carbocycles. The van der Waals surface area contributed by atoms with Gasteiger partial charge in [0.2, 0.25) is 0 Å². The van der Waals surface area contributed by atoms with Crippen LogP contribution < -0.4 is 0 Å². The summed E-state index contributed by atoms with van der Waals surface area (Å²) in [7, 11) is 0. The Balaban J connectivity index is 1.25. The molecule has 8 aromatic rings. The quantitative estimate of drug-likeness (QED) is 0.205. The molecule has 3 aromatic heterocycles. The Morgan fingerprint density at radius 3 is 2.09 bits per heavy atom. The minimum Gasteiger partial charge on any atom is -0.456 e. The molecule has 0 atom stereocenters. The van der Waals surface area contributed by atoms with Crippen LogP contribution in [0.3, 0.4) is 0 Å². The van der Waals surface area contributed by atoms with Crippen molar-refractivity contribution in [3.63, 3.8) is 0 Å². The van der Waals surface area contributed by atoms with Crippen molar-refractivity contribution in [2.75, 3.05) is 0 Å². The van der Waals surface area contributed by atoms with Crippen LogP contribution in [-0.4, -0.2) is 24.5 Å². The lowest BCUT2D eigenvalue weighted by molar-refractivity contribution is 0.669. The number of rotatable bonds is 3. The number of hydrogen-bond acceptors (Lipinski definition) is 6. The van der Waals surface area contributed by atoms with Crippen molar-refractivity contribution in [2.45, 2.75) is 23.8 Å². The highest BCUT2D eigenvalue weighted by atomic mass is 32.2. The van der Waals surface area contributed by atoms with Gasteiger partial charge in [0, 0.05) is 32.2 Å². The van der Waals surface area contributed by atoms with E-state index in [0.29, 0.717) is 17.5 Å². The molecule has 0 saturated heterocycles. The van der Waals surface area contributed by atoms with Gasteiger partial charge in [-0.1, -0.05) is 90.6 Å². The zero-order valence-corrected chi connectivity index (χ0v) is 24.8. The first-order chi connectivity index (χ1) is 21.5. The molecule has 1 aliphatic rings. The van der Waals surface area contributed by atoms with Crippen LogP contribution in [0.4, 0.5) is 0 Å².